The Bertz CT molecular complexity index is 1050. The van der Waals surface area contributed by atoms with E-state index in [9.17, 15) is 22.7 Å². The number of carbonyl (C=O) groups excluding carboxylic acids is 1. The highest BCUT2D eigenvalue weighted by Gasteiger charge is 2.27. The molecule has 0 saturated carbocycles. The molecule has 2 N–H and O–H groups in total. The molecular weight excluding hydrogens is 417 g/mol. The normalized spacial score (nSPS) is 12.5. The van der Waals surface area contributed by atoms with Crippen LogP contribution in [-0.2, 0) is 26.8 Å². The van der Waals surface area contributed by atoms with Gasteiger partial charge in [0.1, 0.15) is 5.82 Å². The van der Waals surface area contributed by atoms with Gasteiger partial charge in [-0.15, -0.1) is 0 Å². The van der Waals surface area contributed by atoms with Crippen LogP contribution in [-0.4, -0.2) is 19.4 Å². The Kier molecular flexibility index (Phi) is 7.33. The molecule has 0 fully saturated rings. The summed E-state index contributed by atoms with van der Waals surface area (Å²) in [5.74, 6) is -1.12. The van der Waals surface area contributed by atoms with Crippen molar-refractivity contribution in [2.24, 2.45) is 0 Å². The Balaban J connectivity index is 2.42. The number of sulfonamides is 1. The van der Waals surface area contributed by atoms with Gasteiger partial charge in [-0.05, 0) is 78.6 Å². The van der Waals surface area contributed by atoms with E-state index < -0.39 is 21.5 Å². The molecular formula is C24H32FNO4S. The van der Waals surface area contributed by atoms with Gasteiger partial charge in [-0.1, -0.05) is 39.8 Å². The summed E-state index contributed by atoms with van der Waals surface area (Å²) < 4.78 is 42.2. The summed E-state index contributed by atoms with van der Waals surface area (Å²) in [7, 11) is -4.15. The zero-order chi connectivity index (χ0) is 23.7. The van der Waals surface area contributed by atoms with Crippen LogP contribution >= 0.6 is 0 Å². The van der Waals surface area contributed by atoms with Crippen LogP contribution in [0.15, 0.2) is 35.2 Å². The fourth-order valence-electron chi connectivity index (χ4n) is 3.88. The first kappa shape index (κ1) is 25.0. The predicted octanol–water partition coefficient (Wildman–Crippen LogP) is 4.66. The molecule has 0 aliphatic carbocycles. The van der Waals surface area contributed by atoms with E-state index in [2.05, 4.69) is 4.72 Å². The first-order chi connectivity index (χ1) is 14.1. The maximum atomic E-state index is 14.1. The molecule has 5 nitrogen and oxygen atoms in total. The molecule has 2 aromatic rings. The van der Waals surface area contributed by atoms with Crippen molar-refractivity contribution in [3.8, 4) is 0 Å². The molecule has 2 aromatic carbocycles. The van der Waals surface area contributed by atoms with E-state index in [1.54, 1.807) is 26.8 Å². The standard InChI is InChI=1S/C24H32FNO4S/c1-14(2)18-11-17(25)12-19(15(3)4)20(18)13-23(27)26-31(29,30)22-10-8-9-21(16(22)5)24(6,7)28/h8-12,14-15,28H,13H2,1-7H3,(H,26,27). The molecule has 0 aromatic heterocycles. The lowest BCUT2D eigenvalue weighted by atomic mass is 9.87. The second-order valence-electron chi connectivity index (χ2n) is 9.07. The molecule has 0 heterocycles. The number of halogens is 1. The molecule has 0 aliphatic heterocycles. The van der Waals surface area contributed by atoms with Crippen molar-refractivity contribution in [2.45, 2.75) is 77.2 Å². The van der Waals surface area contributed by atoms with Gasteiger partial charge in [0.05, 0.1) is 16.9 Å². The van der Waals surface area contributed by atoms with Crippen LogP contribution in [0.25, 0.3) is 0 Å². The Labute approximate surface area is 184 Å². The zero-order valence-corrected chi connectivity index (χ0v) is 20.0. The summed E-state index contributed by atoms with van der Waals surface area (Å²) in [5, 5.41) is 10.3. The van der Waals surface area contributed by atoms with E-state index in [1.165, 1.54) is 24.3 Å². The monoisotopic (exact) mass is 449 g/mol. The molecule has 0 spiro atoms. The Hall–Kier alpha value is -2.25. The van der Waals surface area contributed by atoms with Crippen LogP contribution in [0.2, 0.25) is 0 Å². The smallest absolute Gasteiger partial charge is 0.264 e. The van der Waals surface area contributed by atoms with E-state index >= 15 is 0 Å². The second kappa shape index (κ2) is 9.09. The molecule has 0 saturated heterocycles. The molecule has 0 unspecified atom stereocenters. The Morgan fingerprint density at radius 2 is 1.61 bits per heavy atom. The van der Waals surface area contributed by atoms with E-state index in [4.69, 9.17) is 0 Å². The van der Waals surface area contributed by atoms with Gasteiger partial charge < -0.3 is 5.11 Å². The average molecular weight is 450 g/mol. The van der Waals surface area contributed by atoms with Crippen molar-refractivity contribution >= 4 is 15.9 Å². The molecule has 0 aliphatic rings. The predicted molar refractivity (Wildman–Crippen MR) is 120 cm³/mol. The second-order valence-corrected chi connectivity index (χ2v) is 10.7. The van der Waals surface area contributed by atoms with Gasteiger partial charge >= 0.3 is 0 Å². The Morgan fingerprint density at radius 1 is 1.10 bits per heavy atom. The van der Waals surface area contributed by atoms with Crippen LogP contribution in [0.5, 0.6) is 0 Å². The molecule has 0 bridgehead atoms. The summed E-state index contributed by atoms with van der Waals surface area (Å²) in [5.41, 5.74) is 1.65. The van der Waals surface area contributed by atoms with Gasteiger partial charge in [-0.25, -0.2) is 17.5 Å². The molecule has 170 valence electrons. The van der Waals surface area contributed by atoms with Crippen LogP contribution in [0.3, 0.4) is 0 Å². The number of rotatable bonds is 7. The number of hydrogen-bond acceptors (Lipinski definition) is 4. The van der Waals surface area contributed by atoms with Gasteiger partial charge in [0, 0.05) is 0 Å². The van der Waals surface area contributed by atoms with Crippen LogP contribution < -0.4 is 4.72 Å². The van der Waals surface area contributed by atoms with E-state index in [0.29, 0.717) is 27.8 Å². The number of hydrogen-bond donors (Lipinski definition) is 2. The fourth-order valence-corrected chi connectivity index (χ4v) is 5.14. The van der Waals surface area contributed by atoms with Crippen LogP contribution in [0.1, 0.15) is 81.2 Å². The Morgan fingerprint density at radius 3 is 2.06 bits per heavy atom. The van der Waals surface area contributed by atoms with Gasteiger partial charge in [0.15, 0.2) is 0 Å². The topological polar surface area (TPSA) is 83.5 Å². The quantitative estimate of drug-likeness (QED) is 0.644. The third-order valence-corrected chi connectivity index (χ3v) is 6.86. The van der Waals surface area contributed by atoms with Crippen molar-refractivity contribution in [2.75, 3.05) is 0 Å². The van der Waals surface area contributed by atoms with Crippen LogP contribution in [0, 0.1) is 12.7 Å². The van der Waals surface area contributed by atoms with Crippen LogP contribution in [0.4, 0.5) is 4.39 Å². The zero-order valence-electron chi connectivity index (χ0n) is 19.2. The minimum absolute atomic E-state index is 0.0293. The molecule has 31 heavy (non-hydrogen) atoms. The lowest BCUT2D eigenvalue weighted by Gasteiger charge is -2.22. The molecule has 0 radical (unpaired) electrons. The number of aliphatic hydroxyl groups is 1. The SMILES string of the molecule is Cc1c(C(C)(C)O)cccc1S(=O)(=O)NC(=O)Cc1c(C(C)C)cc(F)cc1C(C)C. The van der Waals surface area contributed by atoms with Gasteiger partial charge in [-0.3, -0.25) is 4.79 Å². The minimum Gasteiger partial charge on any atom is -0.386 e. The van der Waals surface area contributed by atoms with Gasteiger partial charge in [0.25, 0.3) is 10.0 Å². The third-order valence-electron chi connectivity index (χ3n) is 5.35. The van der Waals surface area contributed by atoms with Crippen molar-refractivity contribution in [1.29, 1.82) is 0 Å². The first-order valence-electron chi connectivity index (χ1n) is 10.4. The summed E-state index contributed by atoms with van der Waals surface area (Å²) in [4.78, 5) is 12.7. The largest absolute Gasteiger partial charge is 0.386 e. The van der Waals surface area contributed by atoms with Crippen molar-refractivity contribution < 1.29 is 22.7 Å². The number of benzene rings is 2. The third kappa shape index (κ3) is 5.71. The lowest BCUT2D eigenvalue weighted by molar-refractivity contribution is -0.118. The van der Waals surface area contributed by atoms with Crippen molar-refractivity contribution in [1.82, 2.24) is 4.72 Å². The highest BCUT2D eigenvalue weighted by molar-refractivity contribution is 7.90. The number of carbonyl (C=O) groups is 1. The van der Waals surface area contributed by atoms with E-state index in [1.807, 2.05) is 27.7 Å². The maximum absolute atomic E-state index is 14.1. The van der Waals surface area contributed by atoms with Gasteiger partial charge in [-0.2, -0.15) is 0 Å². The molecule has 0 atom stereocenters. The highest BCUT2D eigenvalue weighted by Crippen LogP contribution is 2.30. The first-order valence-corrected chi connectivity index (χ1v) is 11.8. The summed E-state index contributed by atoms with van der Waals surface area (Å²) in [6, 6.07) is 7.40. The molecule has 2 rings (SSSR count). The van der Waals surface area contributed by atoms with E-state index in [-0.39, 0.29) is 29.0 Å². The van der Waals surface area contributed by atoms with Gasteiger partial charge in [0.2, 0.25) is 5.91 Å². The summed E-state index contributed by atoms with van der Waals surface area (Å²) in [6.45, 7) is 12.4. The maximum Gasteiger partial charge on any atom is 0.264 e. The number of amides is 1. The summed E-state index contributed by atoms with van der Waals surface area (Å²) >= 11 is 0. The highest BCUT2D eigenvalue weighted by atomic mass is 32.2. The van der Waals surface area contributed by atoms with E-state index in [0.717, 1.165) is 0 Å². The summed E-state index contributed by atoms with van der Waals surface area (Å²) in [6.07, 6.45) is -0.176. The number of nitrogens with one attached hydrogen (secondary N) is 1. The molecule has 7 heteroatoms. The average Bonchev–Trinajstić information content (AvgIpc) is 2.60. The van der Waals surface area contributed by atoms with Crippen molar-refractivity contribution in [3.63, 3.8) is 0 Å². The van der Waals surface area contributed by atoms with Crippen molar-refractivity contribution in [3.05, 3.63) is 64.0 Å². The minimum atomic E-state index is -4.15. The fraction of sp³-hybridized carbons (Fsp3) is 0.458. The lowest BCUT2D eigenvalue weighted by Crippen LogP contribution is -2.33. The molecule has 1 amide bonds.